The molecule has 1 fully saturated rings. The zero-order valence-electron chi connectivity index (χ0n) is 11.1. The van der Waals surface area contributed by atoms with Crippen LogP contribution >= 0.6 is 15.9 Å². The molecule has 0 radical (unpaired) electrons. The number of hydrogen-bond donors (Lipinski definition) is 1. The minimum absolute atomic E-state index is 0.0598. The highest BCUT2D eigenvalue weighted by molar-refractivity contribution is 9.10. The topological polar surface area (TPSA) is 67.6 Å². The van der Waals surface area contributed by atoms with E-state index in [9.17, 15) is 0 Å². The fraction of sp³-hybridized carbons (Fsp3) is 0.727. The molecule has 1 spiro atoms. The lowest BCUT2D eigenvalue weighted by atomic mass is 9.99. The first-order chi connectivity index (χ1) is 9.12. The first-order valence-corrected chi connectivity index (χ1v) is 7.06. The summed E-state index contributed by atoms with van der Waals surface area (Å²) in [5, 5.41) is 11.3. The smallest absolute Gasteiger partial charge is 0.194 e. The molecule has 1 unspecified atom stereocenters. The lowest BCUT2D eigenvalue weighted by molar-refractivity contribution is 0.144. The Bertz CT molecular complexity index is 488. The lowest BCUT2D eigenvalue weighted by Crippen LogP contribution is -2.50. The summed E-state index contributed by atoms with van der Waals surface area (Å²) in [6.45, 7) is 3.03. The van der Waals surface area contributed by atoms with Gasteiger partial charge in [0.05, 0.1) is 30.9 Å². The molecular weight excluding hydrogens is 312 g/mol. The number of rotatable bonds is 2. The normalized spacial score (nSPS) is 26.3. The molecule has 19 heavy (non-hydrogen) atoms. The molecule has 7 nitrogen and oxygen atoms in total. The van der Waals surface area contributed by atoms with Gasteiger partial charge in [0.2, 0.25) is 0 Å². The second-order valence-electron chi connectivity index (χ2n) is 5.03. The fourth-order valence-corrected chi connectivity index (χ4v) is 2.99. The number of aromatic nitrogens is 3. The van der Waals surface area contributed by atoms with Crippen LogP contribution in [0.5, 0.6) is 0 Å². The standard InChI is InChI=1S/C11H17BrN6O/c1-17-10(14-6-11(17)3-4-19-7-11)13-5-8-9(12)15-16-18(8)2/h3-7H2,1-2H3,(H,13,14). The molecule has 8 heteroatoms. The number of guanidine groups is 1. The molecule has 1 atom stereocenters. The van der Waals surface area contributed by atoms with Crippen molar-refractivity contribution in [2.24, 2.45) is 12.0 Å². The van der Waals surface area contributed by atoms with Crippen molar-refractivity contribution in [2.45, 2.75) is 18.5 Å². The average Bonchev–Trinajstić information content (AvgIpc) is 3.06. The molecule has 2 aliphatic rings. The molecule has 0 aromatic carbocycles. The summed E-state index contributed by atoms with van der Waals surface area (Å²) < 4.78 is 8.03. The van der Waals surface area contributed by atoms with Crippen molar-refractivity contribution in [3.05, 3.63) is 10.3 Å². The van der Waals surface area contributed by atoms with Gasteiger partial charge in [-0.1, -0.05) is 5.21 Å². The van der Waals surface area contributed by atoms with E-state index in [2.05, 4.69) is 48.5 Å². The highest BCUT2D eigenvalue weighted by Gasteiger charge is 2.44. The Kier molecular flexibility index (Phi) is 3.22. The van der Waals surface area contributed by atoms with Crippen molar-refractivity contribution in [1.29, 1.82) is 0 Å². The van der Waals surface area contributed by atoms with Crippen molar-refractivity contribution in [3.63, 3.8) is 0 Å². The van der Waals surface area contributed by atoms with E-state index in [-0.39, 0.29) is 5.54 Å². The van der Waals surface area contributed by atoms with Gasteiger partial charge in [0.25, 0.3) is 0 Å². The van der Waals surface area contributed by atoms with Gasteiger partial charge in [0.1, 0.15) is 0 Å². The van der Waals surface area contributed by atoms with Gasteiger partial charge in [-0.2, -0.15) is 0 Å². The van der Waals surface area contributed by atoms with E-state index in [1.165, 1.54) is 0 Å². The van der Waals surface area contributed by atoms with Gasteiger partial charge in [-0.3, -0.25) is 4.99 Å². The van der Waals surface area contributed by atoms with E-state index < -0.39 is 0 Å². The zero-order valence-corrected chi connectivity index (χ0v) is 12.6. The number of hydrogen-bond acceptors (Lipinski definition) is 6. The largest absolute Gasteiger partial charge is 0.379 e. The SMILES string of the molecule is CN1C(NCc2c(Br)nnn2C)=NCC12CCOC2. The highest BCUT2D eigenvalue weighted by atomic mass is 79.9. The van der Waals surface area contributed by atoms with Crippen molar-refractivity contribution in [3.8, 4) is 0 Å². The summed E-state index contributed by atoms with van der Waals surface area (Å²) in [4.78, 5) is 6.80. The maximum absolute atomic E-state index is 5.52. The molecule has 104 valence electrons. The van der Waals surface area contributed by atoms with E-state index in [0.717, 1.165) is 42.4 Å². The lowest BCUT2D eigenvalue weighted by Gasteiger charge is -2.32. The minimum Gasteiger partial charge on any atom is -0.379 e. The van der Waals surface area contributed by atoms with E-state index in [4.69, 9.17) is 4.74 Å². The Morgan fingerprint density at radius 3 is 2.95 bits per heavy atom. The van der Waals surface area contributed by atoms with Crippen molar-refractivity contribution < 1.29 is 4.74 Å². The number of nitrogens with zero attached hydrogens (tertiary/aromatic N) is 5. The maximum Gasteiger partial charge on any atom is 0.194 e. The molecule has 3 rings (SSSR count). The van der Waals surface area contributed by atoms with Crippen LogP contribution in [0.3, 0.4) is 0 Å². The second kappa shape index (κ2) is 4.75. The molecule has 3 heterocycles. The van der Waals surface area contributed by atoms with Crippen LogP contribution in [0, 0.1) is 0 Å². The van der Waals surface area contributed by atoms with Crippen LogP contribution in [0.4, 0.5) is 0 Å². The Morgan fingerprint density at radius 2 is 2.32 bits per heavy atom. The molecule has 1 aromatic rings. The monoisotopic (exact) mass is 328 g/mol. The van der Waals surface area contributed by atoms with Crippen LogP contribution in [-0.4, -0.2) is 58.2 Å². The molecule has 2 aliphatic heterocycles. The van der Waals surface area contributed by atoms with Crippen molar-refractivity contribution in [1.82, 2.24) is 25.2 Å². The Morgan fingerprint density at radius 1 is 1.47 bits per heavy atom. The summed E-state index contributed by atoms with van der Waals surface area (Å²) in [5.74, 6) is 0.915. The summed E-state index contributed by atoms with van der Waals surface area (Å²) >= 11 is 3.39. The van der Waals surface area contributed by atoms with Gasteiger partial charge in [-0.15, -0.1) is 5.10 Å². The third kappa shape index (κ3) is 2.12. The van der Waals surface area contributed by atoms with Crippen molar-refractivity contribution >= 4 is 21.9 Å². The van der Waals surface area contributed by atoms with E-state index >= 15 is 0 Å². The number of aliphatic imine (C=N–C) groups is 1. The van der Waals surface area contributed by atoms with Crippen LogP contribution in [0.15, 0.2) is 9.60 Å². The minimum atomic E-state index is 0.0598. The van der Waals surface area contributed by atoms with E-state index in [1.807, 2.05) is 7.05 Å². The molecule has 1 saturated heterocycles. The number of nitrogens with one attached hydrogen (secondary N) is 1. The Hall–Kier alpha value is -1.15. The average molecular weight is 329 g/mol. The van der Waals surface area contributed by atoms with Gasteiger partial charge < -0.3 is 15.0 Å². The summed E-state index contributed by atoms with van der Waals surface area (Å²) in [6.07, 6.45) is 1.04. The second-order valence-corrected chi connectivity index (χ2v) is 5.78. The molecule has 0 aliphatic carbocycles. The molecule has 1 aromatic heterocycles. The van der Waals surface area contributed by atoms with Gasteiger partial charge in [-0.05, 0) is 22.4 Å². The summed E-state index contributed by atoms with van der Waals surface area (Å²) in [5.41, 5.74) is 1.06. The van der Waals surface area contributed by atoms with Gasteiger partial charge >= 0.3 is 0 Å². The van der Waals surface area contributed by atoms with Crippen LogP contribution in [0.1, 0.15) is 12.1 Å². The summed E-state index contributed by atoms with van der Waals surface area (Å²) in [7, 11) is 3.95. The van der Waals surface area contributed by atoms with Crippen LogP contribution in [0.25, 0.3) is 0 Å². The number of halogens is 1. The molecule has 0 saturated carbocycles. The molecule has 0 bridgehead atoms. The van der Waals surface area contributed by atoms with Crippen LogP contribution < -0.4 is 5.32 Å². The fourth-order valence-electron chi connectivity index (χ4n) is 2.52. The Labute approximate surface area is 120 Å². The first kappa shape index (κ1) is 12.9. The predicted molar refractivity (Wildman–Crippen MR) is 73.8 cm³/mol. The molecule has 1 N–H and O–H groups in total. The number of ether oxygens (including phenoxy) is 1. The summed E-state index contributed by atoms with van der Waals surface area (Å²) in [6, 6.07) is 0. The predicted octanol–water partition coefficient (Wildman–Crippen LogP) is 0.128. The maximum atomic E-state index is 5.52. The highest BCUT2D eigenvalue weighted by Crippen LogP contribution is 2.29. The van der Waals surface area contributed by atoms with E-state index in [0.29, 0.717) is 6.54 Å². The van der Waals surface area contributed by atoms with Gasteiger partial charge in [0.15, 0.2) is 10.6 Å². The van der Waals surface area contributed by atoms with Gasteiger partial charge in [-0.25, -0.2) is 4.68 Å². The zero-order chi connectivity index (χ0) is 13.5. The third-order valence-electron chi connectivity index (χ3n) is 3.94. The molecular formula is C11H17BrN6O. The number of likely N-dealkylation sites (N-methyl/N-ethyl adjacent to an activating group) is 1. The molecule has 0 amide bonds. The quantitative estimate of drug-likeness (QED) is 0.835. The number of aryl methyl sites for hydroxylation is 1. The Balaban J connectivity index is 1.65. The van der Waals surface area contributed by atoms with E-state index in [1.54, 1.807) is 4.68 Å². The van der Waals surface area contributed by atoms with Crippen LogP contribution in [0.2, 0.25) is 0 Å². The van der Waals surface area contributed by atoms with Crippen LogP contribution in [-0.2, 0) is 18.3 Å². The third-order valence-corrected chi connectivity index (χ3v) is 4.56. The first-order valence-electron chi connectivity index (χ1n) is 6.26. The van der Waals surface area contributed by atoms with Gasteiger partial charge in [0, 0.05) is 20.7 Å². The van der Waals surface area contributed by atoms with Crippen molar-refractivity contribution in [2.75, 3.05) is 26.8 Å².